The summed E-state index contributed by atoms with van der Waals surface area (Å²) in [6.07, 6.45) is 27.0. The Morgan fingerprint density at radius 2 is 0.483 bits per heavy atom. The standard InChI is InChI=1S/C61H60N2.C31H44B2O4.C18H14BrN/c1-3-5-7-21-43-61(44-22-8-6-4-2)59-45-49(47-31-37-55(38-32-47)62(51-23-13-9-14-24-51)52-25-15-10-16-26-52)35-41-57(59)58-42-36-50(46-60(58)61)48-33-39-56(40-34-48)63(53-27-17-11-18-28-53)54-29-19-12-20-30-54;1-3-5-7-9-17-31(18-10-8-6-4-2)29-23-25(32-34-19-11-20-35-32)13-15-27(29)28-16-14-26(24-30(28)31)33-36-21-12-22-37-33;19-15-11-13-18(14-12-15)20(16-7-3-1-4-8-16)17-9-5-2-6-10-17/h9-20,23-42,45-46H,3-8,21-22,43-44H2,1-2H3;13-16,23-24H,3-12,17-22H2,1-2H3;1-14H. The molecule has 13 aromatic carbocycles. The molecule has 2 heterocycles. The van der Waals surface area contributed by atoms with Crippen molar-refractivity contribution < 1.29 is 18.6 Å². The lowest BCUT2D eigenvalue weighted by atomic mass is 9.67. The van der Waals surface area contributed by atoms with E-state index in [0.717, 1.165) is 106 Å². The van der Waals surface area contributed by atoms with Crippen molar-refractivity contribution in [1.82, 2.24) is 0 Å². The molecule has 0 atom stereocenters. The van der Waals surface area contributed by atoms with Crippen molar-refractivity contribution >= 4 is 92.3 Å². The van der Waals surface area contributed by atoms with Gasteiger partial charge >= 0.3 is 14.2 Å². The van der Waals surface area contributed by atoms with Crippen molar-refractivity contribution in [1.29, 1.82) is 0 Å². The summed E-state index contributed by atoms with van der Waals surface area (Å²) in [6.45, 7) is 12.3. The van der Waals surface area contributed by atoms with Gasteiger partial charge in [-0.1, -0.05) is 340 Å². The highest BCUT2D eigenvalue weighted by molar-refractivity contribution is 9.10. The van der Waals surface area contributed by atoms with Crippen LogP contribution in [0, 0.1) is 0 Å². The van der Waals surface area contributed by atoms with E-state index < -0.39 is 0 Å². The molecule has 0 spiro atoms. The fraction of sp³-hybridized carbons (Fsp3) is 0.291. The summed E-state index contributed by atoms with van der Waals surface area (Å²) < 4.78 is 25.2. The topological polar surface area (TPSA) is 46.6 Å². The van der Waals surface area contributed by atoms with E-state index in [0.29, 0.717) is 0 Å². The summed E-state index contributed by atoms with van der Waals surface area (Å²) in [4.78, 5) is 6.93. The highest BCUT2D eigenvalue weighted by Gasteiger charge is 2.46. The minimum absolute atomic E-state index is 0.0154. The van der Waals surface area contributed by atoms with Crippen LogP contribution in [0.3, 0.4) is 0 Å². The maximum absolute atomic E-state index is 6.04. The van der Waals surface area contributed by atoms with Gasteiger partial charge in [0.1, 0.15) is 0 Å². The number of para-hydroxylation sites is 6. The molecular weight excluding hydrogens is 1530 g/mol. The van der Waals surface area contributed by atoms with Crippen molar-refractivity contribution in [3.8, 4) is 44.5 Å². The van der Waals surface area contributed by atoms with Gasteiger partial charge in [0, 0.05) is 92.9 Å². The zero-order valence-electron chi connectivity index (χ0n) is 71.1. The molecule has 0 N–H and O–H groups in total. The Hall–Kier alpha value is -10.3. The second kappa shape index (κ2) is 42.3. The van der Waals surface area contributed by atoms with E-state index in [1.165, 1.54) is 195 Å². The average molecular weight is 1650 g/mol. The van der Waals surface area contributed by atoms with Crippen LogP contribution in [-0.4, -0.2) is 40.7 Å². The second-order valence-corrected chi connectivity index (χ2v) is 33.9. The summed E-state index contributed by atoms with van der Waals surface area (Å²) >= 11 is 3.49. The Morgan fingerprint density at radius 3 is 0.750 bits per heavy atom. The summed E-state index contributed by atoms with van der Waals surface area (Å²) in [5, 5.41) is 0. The van der Waals surface area contributed by atoms with Crippen LogP contribution in [0.4, 0.5) is 51.2 Å². The maximum Gasteiger partial charge on any atom is 0.493 e. The molecule has 0 unspecified atom stereocenters. The van der Waals surface area contributed by atoms with E-state index in [9.17, 15) is 0 Å². The third-order valence-corrected chi connectivity index (χ3v) is 25.4. The lowest BCUT2D eigenvalue weighted by molar-refractivity contribution is 0.143. The highest BCUT2D eigenvalue weighted by atomic mass is 79.9. The van der Waals surface area contributed by atoms with E-state index in [2.05, 4.69) is 374 Å². The monoisotopic (exact) mass is 1650 g/mol. The predicted octanol–water partition coefficient (Wildman–Crippen LogP) is 30.2. The first-order valence-electron chi connectivity index (χ1n) is 45.0. The third-order valence-electron chi connectivity index (χ3n) is 24.9. The minimum Gasteiger partial charge on any atom is -0.407 e. The largest absolute Gasteiger partial charge is 0.493 e. The number of nitrogens with zero attached hydrogens (tertiary/aromatic N) is 3. The zero-order chi connectivity index (χ0) is 82.1. The molecule has 0 bridgehead atoms. The van der Waals surface area contributed by atoms with Gasteiger partial charge in [0.05, 0.1) is 0 Å². The number of hydrogen-bond donors (Lipinski definition) is 0. The molecule has 610 valence electrons. The molecule has 2 fully saturated rings. The highest BCUT2D eigenvalue weighted by Crippen LogP contribution is 2.57. The van der Waals surface area contributed by atoms with E-state index in [4.69, 9.17) is 18.6 Å². The lowest BCUT2D eigenvalue weighted by Gasteiger charge is -2.34. The van der Waals surface area contributed by atoms with Crippen LogP contribution in [-0.2, 0) is 29.4 Å². The van der Waals surface area contributed by atoms with Gasteiger partial charge in [-0.05, 0) is 250 Å². The summed E-state index contributed by atoms with van der Waals surface area (Å²) in [6, 6.07) is 119. The maximum atomic E-state index is 6.04. The van der Waals surface area contributed by atoms with Crippen LogP contribution in [0.5, 0.6) is 0 Å². The molecule has 2 saturated heterocycles. The van der Waals surface area contributed by atoms with Gasteiger partial charge < -0.3 is 33.3 Å². The number of hydrogen-bond acceptors (Lipinski definition) is 7. The van der Waals surface area contributed by atoms with E-state index in [1.54, 1.807) is 0 Å². The van der Waals surface area contributed by atoms with Gasteiger partial charge in [0.25, 0.3) is 0 Å². The average Bonchev–Trinajstić information content (AvgIpc) is 1.56. The van der Waals surface area contributed by atoms with Crippen LogP contribution in [0.1, 0.15) is 191 Å². The normalized spacial score (nSPS) is 14.0. The van der Waals surface area contributed by atoms with Gasteiger partial charge in [-0.15, -0.1) is 0 Å². The fourth-order valence-corrected chi connectivity index (χ4v) is 19.0. The molecule has 0 aromatic heterocycles. The van der Waals surface area contributed by atoms with Crippen molar-refractivity contribution in [2.75, 3.05) is 41.1 Å². The summed E-state index contributed by atoms with van der Waals surface area (Å²) in [5.74, 6) is 0. The quantitative estimate of drug-likeness (QED) is 0.0300. The summed E-state index contributed by atoms with van der Waals surface area (Å²) in [7, 11) is -0.500. The molecule has 2 aliphatic carbocycles. The van der Waals surface area contributed by atoms with Crippen LogP contribution in [0.15, 0.2) is 332 Å². The predicted molar refractivity (Wildman–Crippen MR) is 513 cm³/mol. The van der Waals surface area contributed by atoms with Crippen molar-refractivity contribution in [3.05, 3.63) is 354 Å². The number of rotatable bonds is 33. The molecule has 2 aliphatic heterocycles. The van der Waals surface area contributed by atoms with Gasteiger partial charge in [-0.3, -0.25) is 0 Å². The molecule has 0 saturated carbocycles. The van der Waals surface area contributed by atoms with Gasteiger partial charge in [0.15, 0.2) is 0 Å². The number of fused-ring (bicyclic) bond motifs is 6. The first kappa shape index (κ1) is 84.7. The lowest BCUT2D eigenvalue weighted by Crippen LogP contribution is -2.42. The van der Waals surface area contributed by atoms with E-state index >= 15 is 0 Å². The Balaban J connectivity index is 0.000000164. The van der Waals surface area contributed by atoms with Crippen LogP contribution >= 0.6 is 15.9 Å². The van der Waals surface area contributed by atoms with E-state index in [-0.39, 0.29) is 25.1 Å². The Morgan fingerprint density at radius 1 is 0.250 bits per heavy atom. The number of unbranched alkanes of at least 4 members (excludes halogenated alkanes) is 12. The van der Waals surface area contributed by atoms with Gasteiger partial charge in [-0.25, -0.2) is 0 Å². The molecule has 10 heteroatoms. The number of anilines is 9. The molecule has 4 aliphatic rings. The smallest absolute Gasteiger partial charge is 0.407 e. The van der Waals surface area contributed by atoms with Gasteiger partial charge in [0.2, 0.25) is 0 Å². The molecule has 7 nitrogen and oxygen atoms in total. The Labute approximate surface area is 725 Å². The van der Waals surface area contributed by atoms with E-state index in [1.807, 2.05) is 12.1 Å². The molecule has 17 rings (SSSR count). The van der Waals surface area contributed by atoms with Crippen LogP contribution in [0.2, 0.25) is 0 Å². The number of halogens is 1. The molecule has 120 heavy (non-hydrogen) atoms. The first-order valence-corrected chi connectivity index (χ1v) is 45.8. The second-order valence-electron chi connectivity index (χ2n) is 33.0. The molecule has 0 radical (unpaired) electrons. The van der Waals surface area contributed by atoms with Crippen molar-refractivity contribution in [2.24, 2.45) is 0 Å². The zero-order valence-corrected chi connectivity index (χ0v) is 72.7. The SMILES string of the molecule is Brc1ccc(N(c2ccccc2)c2ccccc2)cc1.CCCCCCC1(CCCCCC)c2cc(-c3ccc(N(c4ccccc4)c4ccccc4)cc3)ccc2-c2ccc(-c3ccc(N(c4ccccc4)c4ccccc4)cc3)cc21.CCCCCCC1(CCCCCC)c2cc(B3OCCCO3)ccc2-c2ccc(B3OCCCO3)cc21. The number of benzene rings is 13. The minimum atomic E-state index is -0.250. The molecule has 0 amide bonds. The van der Waals surface area contributed by atoms with Gasteiger partial charge in [-0.2, -0.15) is 0 Å². The first-order chi connectivity index (χ1) is 59.3. The van der Waals surface area contributed by atoms with Crippen molar-refractivity contribution in [3.63, 3.8) is 0 Å². The third kappa shape index (κ3) is 20.0. The van der Waals surface area contributed by atoms with Crippen molar-refractivity contribution in [2.45, 2.75) is 180 Å². The summed E-state index contributed by atoms with van der Waals surface area (Å²) in [5.41, 5.74) is 29.4. The molecular formula is C110H118B2BrN3O4. The van der Waals surface area contributed by atoms with Crippen LogP contribution in [0.25, 0.3) is 44.5 Å². The molecule has 13 aromatic rings. The van der Waals surface area contributed by atoms with Crippen LogP contribution < -0.4 is 25.6 Å². The fourth-order valence-electron chi connectivity index (χ4n) is 18.8. The Bertz CT molecular complexity index is 4910. The Kier molecular flexibility index (Phi) is 29.8.